The second-order valence-electron chi connectivity index (χ2n) is 4.27. The first-order chi connectivity index (χ1) is 8.79. The van der Waals surface area contributed by atoms with Crippen molar-refractivity contribution in [1.29, 1.82) is 0 Å². The van der Waals surface area contributed by atoms with Gasteiger partial charge in [0.15, 0.2) is 0 Å². The van der Waals surface area contributed by atoms with Crippen molar-refractivity contribution in [2.24, 2.45) is 0 Å². The lowest BCUT2D eigenvalue weighted by Gasteiger charge is -2.04. The molecule has 0 bridgehead atoms. The van der Waals surface area contributed by atoms with Crippen molar-refractivity contribution < 1.29 is 4.79 Å². The molecule has 3 aromatic rings. The molecule has 2 aromatic heterocycles. The lowest BCUT2D eigenvalue weighted by atomic mass is 10.1. The van der Waals surface area contributed by atoms with Crippen LogP contribution in [-0.4, -0.2) is 15.7 Å². The van der Waals surface area contributed by atoms with Crippen LogP contribution in [0.2, 0.25) is 0 Å². The Bertz CT molecular complexity index is 728. The number of aromatic nitrogens is 2. The Labute approximate surface area is 105 Å². The number of aryl methyl sites for hydroxylation is 1. The molecular weight excluding hydrogens is 224 g/mol. The summed E-state index contributed by atoms with van der Waals surface area (Å²) in [5, 5.41) is 0. The Balaban J connectivity index is 2.25. The maximum Gasteiger partial charge on any atom is 0.150 e. The van der Waals surface area contributed by atoms with Crippen molar-refractivity contribution in [3.05, 3.63) is 59.9 Å². The van der Waals surface area contributed by atoms with Crippen molar-refractivity contribution in [2.45, 2.75) is 6.92 Å². The smallest absolute Gasteiger partial charge is 0.150 e. The maximum atomic E-state index is 10.8. The number of nitrogens with zero attached hydrogens (tertiary/aromatic N) is 2. The van der Waals surface area contributed by atoms with E-state index in [2.05, 4.69) is 24.0 Å². The minimum absolute atomic E-state index is 0.665. The second-order valence-corrected chi connectivity index (χ2v) is 4.27. The van der Waals surface area contributed by atoms with E-state index >= 15 is 0 Å². The number of fused-ring (bicyclic) bond motifs is 1. The van der Waals surface area contributed by atoms with Crippen LogP contribution < -0.4 is 0 Å². The molecule has 0 radical (unpaired) electrons. The highest BCUT2D eigenvalue weighted by atomic mass is 16.1. The van der Waals surface area contributed by atoms with E-state index in [9.17, 15) is 4.79 Å². The zero-order valence-electron chi connectivity index (χ0n) is 10.00. The molecule has 0 fully saturated rings. The van der Waals surface area contributed by atoms with Crippen LogP contribution in [0.4, 0.5) is 0 Å². The second kappa shape index (κ2) is 4.11. The predicted octanol–water partition coefficient (Wildman–Crippen LogP) is 3.12. The van der Waals surface area contributed by atoms with E-state index in [1.54, 1.807) is 12.3 Å². The molecule has 3 rings (SSSR count). The van der Waals surface area contributed by atoms with Gasteiger partial charge < -0.3 is 0 Å². The van der Waals surface area contributed by atoms with Crippen molar-refractivity contribution in [2.75, 3.05) is 0 Å². The van der Waals surface area contributed by atoms with E-state index < -0.39 is 0 Å². The molecule has 0 N–H and O–H groups in total. The van der Waals surface area contributed by atoms with Gasteiger partial charge in [-0.3, -0.25) is 9.20 Å². The summed E-state index contributed by atoms with van der Waals surface area (Å²) in [7, 11) is 0. The normalized spacial score (nSPS) is 10.7. The third-order valence-electron chi connectivity index (χ3n) is 3.08. The Hall–Kier alpha value is -2.42. The highest BCUT2D eigenvalue weighted by molar-refractivity contribution is 5.78. The van der Waals surface area contributed by atoms with E-state index in [0.29, 0.717) is 5.56 Å². The minimum atomic E-state index is 0.665. The van der Waals surface area contributed by atoms with Crippen LogP contribution in [0, 0.1) is 6.92 Å². The molecular formula is C15H12N2O. The molecule has 0 atom stereocenters. The Kier molecular flexibility index (Phi) is 2.45. The molecule has 0 spiro atoms. The van der Waals surface area contributed by atoms with Gasteiger partial charge in [-0.15, -0.1) is 0 Å². The SMILES string of the molecule is Cc1ccccc1-c1ncc2cc(C=O)ccn12. The monoisotopic (exact) mass is 236 g/mol. The van der Waals surface area contributed by atoms with Gasteiger partial charge in [0, 0.05) is 17.3 Å². The van der Waals surface area contributed by atoms with Crippen LogP contribution in [0.15, 0.2) is 48.8 Å². The molecule has 0 aliphatic carbocycles. The van der Waals surface area contributed by atoms with Gasteiger partial charge in [0.05, 0.1) is 11.7 Å². The molecule has 0 aliphatic rings. The fraction of sp³-hybridized carbons (Fsp3) is 0.0667. The van der Waals surface area contributed by atoms with Crippen molar-refractivity contribution >= 4 is 11.8 Å². The third kappa shape index (κ3) is 1.61. The fourth-order valence-electron chi connectivity index (χ4n) is 2.11. The maximum absolute atomic E-state index is 10.8. The number of hydrogen-bond donors (Lipinski definition) is 0. The molecule has 1 aromatic carbocycles. The molecule has 0 amide bonds. The summed E-state index contributed by atoms with van der Waals surface area (Å²) in [4.78, 5) is 15.2. The molecule has 3 heteroatoms. The zero-order valence-corrected chi connectivity index (χ0v) is 10.00. The van der Waals surface area contributed by atoms with E-state index in [-0.39, 0.29) is 0 Å². The average molecular weight is 236 g/mol. The quantitative estimate of drug-likeness (QED) is 0.641. The summed E-state index contributed by atoms with van der Waals surface area (Å²) >= 11 is 0. The average Bonchev–Trinajstić information content (AvgIpc) is 2.82. The summed E-state index contributed by atoms with van der Waals surface area (Å²) in [6, 6.07) is 11.8. The molecule has 3 nitrogen and oxygen atoms in total. The van der Waals surface area contributed by atoms with Crippen molar-refractivity contribution in [3.63, 3.8) is 0 Å². The molecule has 0 unspecified atom stereocenters. The van der Waals surface area contributed by atoms with Crippen LogP contribution in [0.1, 0.15) is 15.9 Å². The zero-order chi connectivity index (χ0) is 12.5. The number of imidazole rings is 1. The number of benzene rings is 1. The van der Waals surface area contributed by atoms with Gasteiger partial charge in [0.1, 0.15) is 12.1 Å². The molecule has 88 valence electrons. The number of rotatable bonds is 2. The standard InChI is InChI=1S/C15H12N2O/c1-11-4-2-3-5-14(11)15-16-9-13-8-12(10-18)6-7-17(13)15/h2-10H,1H3. The Morgan fingerprint density at radius 1 is 1.22 bits per heavy atom. The third-order valence-corrected chi connectivity index (χ3v) is 3.08. The Morgan fingerprint density at radius 2 is 2.06 bits per heavy atom. The summed E-state index contributed by atoms with van der Waals surface area (Å²) < 4.78 is 2.00. The van der Waals surface area contributed by atoms with Gasteiger partial charge in [-0.2, -0.15) is 0 Å². The number of carbonyl (C=O) groups excluding carboxylic acids is 1. The predicted molar refractivity (Wildman–Crippen MR) is 70.8 cm³/mol. The molecule has 2 heterocycles. The van der Waals surface area contributed by atoms with Gasteiger partial charge >= 0.3 is 0 Å². The largest absolute Gasteiger partial charge is 0.300 e. The van der Waals surface area contributed by atoms with Gasteiger partial charge in [-0.25, -0.2) is 4.98 Å². The van der Waals surface area contributed by atoms with Crippen molar-refractivity contribution in [3.8, 4) is 11.4 Å². The lowest BCUT2D eigenvalue weighted by molar-refractivity contribution is 0.112. The van der Waals surface area contributed by atoms with Crippen LogP contribution >= 0.6 is 0 Å². The van der Waals surface area contributed by atoms with E-state index in [1.165, 1.54) is 5.56 Å². The number of hydrogen-bond acceptors (Lipinski definition) is 2. The summed E-state index contributed by atoms with van der Waals surface area (Å²) in [5.74, 6) is 0.903. The van der Waals surface area contributed by atoms with Crippen LogP contribution in [0.5, 0.6) is 0 Å². The van der Waals surface area contributed by atoms with Gasteiger partial charge in [0.2, 0.25) is 0 Å². The number of aldehydes is 1. The van der Waals surface area contributed by atoms with Crippen LogP contribution in [-0.2, 0) is 0 Å². The Morgan fingerprint density at radius 3 is 2.83 bits per heavy atom. The molecule has 0 aliphatic heterocycles. The number of pyridine rings is 1. The van der Waals surface area contributed by atoms with E-state index in [0.717, 1.165) is 23.2 Å². The first kappa shape index (κ1) is 10.7. The van der Waals surface area contributed by atoms with Crippen LogP contribution in [0.3, 0.4) is 0 Å². The summed E-state index contributed by atoms with van der Waals surface area (Å²) in [6.45, 7) is 2.07. The number of carbonyl (C=O) groups is 1. The lowest BCUT2D eigenvalue weighted by Crippen LogP contribution is -1.92. The first-order valence-electron chi connectivity index (χ1n) is 5.78. The summed E-state index contributed by atoms with van der Waals surface area (Å²) in [5.41, 5.74) is 3.89. The first-order valence-corrected chi connectivity index (χ1v) is 5.78. The summed E-state index contributed by atoms with van der Waals surface area (Å²) in [6.07, 6.45) is 4.52. The van der Waals surface area contributed by atoms with E-state index in [4.69, 9.17) is 0 Å². The van der Waals surface area contributed by atoms with Crippen molar-refractivity contribution in [1.82, 2.24) is 9.38 Å². The van der Waals surface area contributed by atoms with Gasteiger partial charge in [-0.05, 0) is 24.6 Å². The van der Waals surface area contributed by atoms with Gasteiger partial charge in [0.25, 0.3) is 0 Å². The highest BCUT2D eigenvalue weighted by Crippen LogP contribution is 2.23. The van der Waals surface area contributed by atoms with E-state index in [1.807, 2.05) is 28.8 Å². The topological polar surface area (TPSA) is 34.4 Å². The minimum Gasteiger partial charge on any atom is -0.300 e. The highest BCUT2D eigenvalue weighted by Gasteiger charge is 2.08. The molecule has 0 saturated carbocycles. The van der Waals surface area contributed by atoms with Gasteiger partial charge in [-0.1, -0.05) is 24.3 Å². The van der Waals surface area contributed by atoms with Crippen LogP contribution in [0.25, 0.3) is 16.9 Å². The fourth-order valence-corrected chi connectivity index (χ4v) is 2.11. The molecule has 0 saturated heterocycles. The molecule has 18 heavy (non-hydrogen) atoms.